The summed E-state index contributed by atoms with van der Waals surface area (Å²) in [4.78, 5) is 7.87. The van der Waals surface area contributed by atoms with Gasteiger partial charge in [0.05, 0.1) is 4.90 Å². The van der Waals surface area contributed by atoms with Crippen LogP contribution in [0.3, 0.4) is 0 Å². The van der Waals surface area contributed by atoms with E-state index in [0.717, 1.165) is 27.7 Å². The van der Waals surface area contributed by atoms with Crippen LogP contribution in [0.5, 0.6) is 0 Å². The summed E-state index contributed by atoms with van der Waals surface area (Å²) in [6, 6.07) is 11.2. The molecule has 0 unspecified atom stereocenters. The van der Waals surface area contributed by atoms with Crippen LogP contribution in [0.2, 0.25) is 0 Å². The zero-order valence-electron chi connectivity index (χ0n) is 15.5. The summed E-state index contributed by atoms with van der Waals surface area (Å²) in [6.45, 7) is 5.06. The van der Waals surface area contributed by atoms with Gasteiger partial charge in [-0.2, -0.15) is 4.31 Å². The van der Waals surface area contributed by atoms with Crippen LogP contribution in [-0.4, -0.2) is 35.8 Å². The summed E-state index contributed by atoms with van der Waals surface area (Å²) < 4.78 is 27.5. The molecule has 5 nitrogen and oxygen atoms in total. The fraction of sp³-hybridized carbons (Fsp3) is 0.286. The Morgan fingerprint density at radius 2 is 1.93 bits per heavy atom. The van der Waals surface area contributed by atoms with E-state index >= 15 is 0 Å². The maximum Gasteiger partial charge on any atom is 0.243 e. The van der Waals surface area contributed by atoms with Crippen molar-refractivity contribution in [3.63, 3.8) is 0 Å². The topological polar surface area (TPSA) is 66.1 Å². The molecule has 4 rings (SSSR count). The minimum Gasteiger partial charge on any atom is -0.346 e. The predicted octanol–water partition coefficient (Wildman–Crippen LogP) is 4.16. The maximum absolute atomic E-state index is 13.0. The largest absolute Gasteiger partial charge is 0.346 e. The van der Waals surface area contributed by atoms with E-state index in [2.05, 4.69) is 23.8 Å². The fourth-order valence-electron chi connectivity index (χ4n) is 3.51. The van der Waals surface area contributed by atoms with Crippen molar-refractivity contribution >= 4 is 26.6 Å². The van der Waals surface area contributed by atoms with Crippen LogP contribution in [0.15, 0.2) is 59.8 Å². The lowest BCUT2D eigenvalue weighted by molar-refractivity contribution is 0.441. The Labute approximate surface area is 159 Å². The third-order valence-corrected chi connectivity index (χ3v) is 7.03. The molecule has 1 N–H and O–H groups in total. The number of pyridine rings is 1. The Morgan fingerprint density at radius 3 is 2.59 bits per heavy atom. The van der Waals surface area contributed by atoms with Crippen molar-refractivity contribution in [3.8, 4) is 0 Å². The molecule has 0 aliphatic carbocycles. The third-order valence-electron chi connectivity index (χ3n) is 5.15. The van der Waals surface area contributed by atoms with Crippen molar-refractivity contribution in [2.24, 2.45) is 0 Å². The first-order chi connectivity index (χ1) is 13.0. The van der Waals surface area contributed by atoms with Gasteiger partial charge in [-0.25, -0.2) is 13.4 Å². The zero-order chi connectivity index (χ0) is 19.0. The number of rotatable bonds is 4. The molecule has 0 fully saturated rings. The number of aromatic nitrogens is 2. The summed E-state index contributed by atoms with van der Waals surface area (Å²) in [7, 11) is -3.47. The number of benzene rings is 1. The fourth-order valence-corrected chi connectivity index (χ4v) is 4.89. The standard InChI is InChI=1S/C21H23N3O2S/c1-15(2)16-5-7-18(8-6-16)27(25,26)24-12-9-17(10-13-24)20-14-23-21-19(20)4-3-11-22-21/h3-9,11,14-15H,10,12-13H2,1-2H3,(H,22,23). The molecule has 0 saturated heterocycles. The Hall–Kier alpha value is -2.44. The van der Waals surface area contributed by atoms with Crippen LogP contribution in [0.4, 0.5) is 0 Å². The molecular weight excluding hydrogens is 358 g/mol. The Balaban J connectivity index is 1.57. The van der Waals surface area contributed by atoms with Gasteiger partial charge in [0.25, 0.3) is 0 Å². The average molecular weight is 382 g/mol. The van der Waals surface area contributed by atoms with Crippen molar-refractivity contribution in [1.29, 1.82) is 0 Å². The molecule has 0 saturated carbocycles. The number of nitrogens with one attached hydrogen (secondary N) is 1. The lowest BCUT2D eigenvalue weighted by Crippen LogP contribution is -2.34. The number of aromatic amines is 1. The molecule has 27 heavy (non-hydrogen) atoms. The van der Waals surface area contributed by atoms with Gasteiger partial charge in [-0.3, -0.25) is 0 Å². The molecule has 140 valence electrons. The second-order valence-corrected chi connectivity index (χ2v) is 9.11. The number of sulfonamides is 1. The van der Waals surface area contributed by atoms with E-state index in [4.69, 9.17) is 0 Å². The van der Waals surface area contributed by atoms with Crippen LogP contribution in [0.1, 0.15) is 37.3 Å². The van der Waals surface area contributed by atoms with E-state index in [-0.39, 0.29) is 0 Å². The third kappa shape index (κ3) is 3.31. The van der Waals surface area contributed by atoms with Crippen molar-refractivity contribution in [2.45, 2.75) is 31.1 Å². The van der Waals surface area contributed by atoms with Crippen LogP contribution >= 0.6 is 0 Å². The van der Waals surface area contributed by atoms with Crippen molar-refractivity contribution < 1.29 is 8.42 Å². The molecular formula is C21H23N3O2S. The normalized spacial score (nSPS) is 16.0. The van der Waals surface area contributed by atoms with E-state index in [9.17, 15) is 8.42 Å². The zero-order valence-corrected chi connectivity index (χ0v) is 16.3. The molecule has 2 aromatic heterocycles. The molecule has 0 bridgehead atoms. The van der Waals surface area contributed by atoms with Crippen LogP contribution in [0.25, 0.3) is 16.6 Å². The highest BCUT2D eigenvalue weighted by Gasteiger charge is 2.27. The van der Waals surface area contributed by atoms with E-state index in [1.165, 1.54) is 0 Å². The lowest BCUT2D eigenvalue weighted by Gasteiger charge is -2.26. The monoisotopic (exact) mass is 381 g/mol. The first kappa shape index (κ1) is 17.9. The SMILES string of the molecule is CC(C)c1ccc(S(=O)(=O)N2CC=C(c3c[nH]c4ncccc34)CC2)cc1. The molecule has 3 heterocycles. The summed E-state index contributed by atoms with van der Waals surface area (Å²) >= 11 is 0. The van der Waals surface area contributed by atoms with Gasteiger partial charge in [-0.15, -0.1) is 0 Å². The molecule has 6 heteroatoms. The predicted molar refractivity (Wildman–Crippen MR) is 108 cm³/mol. The second kappa shape index (κ2) is 6.94. The van der Waals surface area contributed by atoms with E-state index < -0.39 is 10.0 Å². The summed E-state index contributed by atoms with van der Waals surface area (Å²) in [5, 5.41) is 1.07. The summed E-state index contributed by atoms with van der Waals surface area (Å²) in [5.41, 5.74) is 4.27. The van der Waals surface area contributed by atoms with Gasteiger partial charge in [0.2, 0.25) is 10.0 Å². The number of H-pyrrole nitrogens is 1. The van der Waals surface area contributed by atoms with Gasteiger partial charge >= 0.3 is 0 Å². The summed E-state index contributed by atoms with van der Waals surface area (Å²) in [5.74, 6) is 0.382. The molecule has 1 aromatic carbocycles. The molecule has 0 amide bonds. The van der Waals surface area contributed by atoms with E-state index in [1.54, 1.807) is 22.6 Å². The highest BCUT2D eigenvalue weighted by molar-refractivity contribution is 7.89. The van der Waals surface area contributed by atoms with Gasteiger partial charge in [-0.05, 0) is 47.7 Å². The number of hydrogen-bond donors (Lipinski definition) is 1. The average Bonchev–Trinajstić information content (AvgIpc) is 3.12. The first-order valence-corrected chi connectivity index (χ1v) is 10.6. The van der Waals surface area contributed by atoms with Crippen molar-refractivity contribution in [1.82, 2.24) is 14.3 Å². The van der Waals surface area contributed by atoms with Gasteiger partial charge in [0.15, 0.2) is 0 Å². The van der Waals surface area contributed by atoms with E-state index in [1.807, 2.05) is 36.5 Å². The number of fused-ring (bicyclic) bond motifs is 1. The van der Waals surface area contributed by atoms with Crippen molar-refractivity contribution in [2.75, 3.05) is 13.1 Å². The maximum atomic E-state index is 13.0. The first-order valence-electron chi connectivity index (χ1n) is 9.18. The summed E-state index contributed by atoms with van der Waals surface area (Å²) in [6.07, 6.45) is 6.42. The molecule has 0 atom stereocenters. The Kier molecular flexibility index (Phi) is 4.61. The number of nitrogens with zero attached hydrogens (tertiary/aromatic N) is 2. The molecule has 0 radical (unpaired) electrons. The molecule has 1 aliphatic heterocycles. The van der Waals surface area contributed by atoms with Gasteiger partial charge in [0, 0.05) is 36.4 Å². The molecule has 3 aromatic rings. The van der Waals surface area contributed by atoms with Crippen molar-refractivity contribution in [3.05, 3.63) is 66.0 Å². The van der Waals surface area contributed by atoms with E-state index in [0.29, 0.717) is 30.3 Å². The minimum absolute atomic E-state index is 0.361. The van der Waals surface area contributed by atoms with Crippen LogP contribution in [-0.2, 0) is 10.0 Å². The van der Waals surface area contributed by atoms with Crippen LogP contribution < -0.4 is 0 Å². The lowest BCUT2D eigenvalue weighted by atomic mass is 10.0. The molecule has 0 spiro atoms. The minimum atomic E-state index is -3.47. The van der Waals surface area contributed by atoms with Gasteiger partial charge < -0.3 is 4.98 Å². The molecule has 1 aliphatic rings. The smallest absolute Gasteiger partial charge is 0.243 e. The quantitative estimate of drug-likeness (QED) is 0.738. The van der Waals surface area contributed by atoms with Gasteiger partial charge in [-0.1, -0.05) is 32.1 Å². The Morgan fingerprint density at radius 1 is 1.15 bits per heavy atom. The highest BCUT2D eigenvalue weighted by Crippen LogP contribution is 2.30. The highest BCUT2D eigenvalue weighted by atomic mass is 32.2. The second-order valence-electron chi connectivity index (χ2n) is 7.17. The van der Waals surface area contributed by atoms with Gasteiger partial charge in [0.1, 0.15) is 5.65 Å². The number of hydrogen-bond acceptors (Lipinski definition) is 3. The Bertz CT molecular complexity index is 1100. The van der Waals surface area contributed by atoms with Crippen LogP contribution in [0, 0.1) is 0 Å².